The van der Waals surface area contributed by atoms with E-state index in [1.165, 1.54) is 0 Å². The number of rotatable bonds is 3. The van der Waals surface area contributed by atoms with E-state index in [9.17, 15) is 0 Å². The summed E-state index contributed by atoms with van der Waals surface area (Å²) in [5.74, 6) is 6.97. The third-order valence-electron chi connectivity index (χ3n) is 2.18. The summed E-state index contributed by atoms with van der Waals surface area (Å²) in [5, 5.41) is 0. The molecule has 17 heavy (non-hydrogen) atoms. The number of hydrogen-bond donors (Lipinski definition) is 1. The molecule has 2 heteroatoms. The van der Waals surface area contributed by atoms with E-state index in [2.05, 4.69) is 32.6 Å². The Morgan fingerprint density at radius 1 is 1.24 bits per heavy atom. The van der Waals surface area contributed by atoms with Crippen molar-refractivity contribution in [1.29, 1.82) is 0 Å². The van der Waals surface area contributed by atoms with Crippen LogP contribution in [0, 0.1) is 17.3 Å². The Balaban J connectivity index is 2.50. The van der Waals surface area contributed by atoms with E-state index < -0.39 is 0 Å². The minimum absolute atomic E-state index is 0.0300. The molecule has 1 aromatic carbocycles. The Kier molecular flexibility index (Phi) is 4.60. The van der Waals surface area contributed by atoms with Crippen LogP contribution in [-0.4, -0.2) is 6.61 Å². The first-order valence-electron chi connectivity index (χ1n) is 5.87. The van der Waals surface area contributed by atoms with Crippen LogP contribution in [0.25, 0.3) is 0 Å². The fourth-order valence-electron chi connectivity index (χ4n) is 1.29. The Morgan fingerprint density at radius 3 is 2.29 bits per heavy atom. The average molecular weight is 231 g/mol. The van der Waals surface area contributed by atoms with Crippen LogP contribution < -0.4 is 10.5 Å². The van der Waals surface area contributed by atoms with Crippen molar-refractivity contribution in [2.75, 3.05) is 6.61 Å². The van der Waals surface area contributed by atoms with Crippen molar-refractivity contribution < 1.29 is 4.74 Å². The molecule has 2 N–H and O–H groups in total. The summed E-state index contributed by atoms with van der Waals surface area (Å²) in [4.78, 5) is 0. The third kappa shape index (κ3) is 5.42. The highest BCUT2D eigenvalue weighted by Gasteiger charge is 2.03. The summed E-state index contributed by atoms with van der Waals surface area (Å²) < 4.78 is 5.52. The molecule has 0 radical (unpaired) electrons. The molecule has 0 fully saturated rings. The van der Waals surface area contributed by atoms with Crippen molar-refractivity contribution in [2.24, 2.45) is 11.1 Å². The molecule has 0 heterocycles. The standard InChI is InChI=1S/C15H21NO/c1-12(16)13-6-8-14(9-7-13)17-11-5-10-15(2,3)4/h6-9,12H,11,16H2,1-4H3. The summed E-state index contributed by atoms with van der Waals surface area (Å²) in [7, 11) is 0. The Bertz CT molecular complexity index is 401. The van der Waals surface area contributed by atoms with Crippen molar-refractivity contribution in [1.82, 2.24) is 0 Å². The molecule has 1 rings (SSSR count). The molecule has 0 aliphatic carbocycles. The predicted octanol–water partition coefficient (Wildman–Crippen LogP) is 3.13. The highest BCUT2D eigenvalue weighted by molar-refractivity contribution is 5.29. The monoisotopic (exact) mass is 231 g/mol. The van der Waals surface area contributed by atoms with Gasteiger partial charge in [0, 0.05) is 11.5 Å². The summed E-state index contributed by atoms with van der Waals surface area (Å²) in [6, 6.07) is 7.88. The number of benzene rings is 1. The fourth-order valence-corrected chi connectivity index (χ4v) is 1.29. The van der Waals surface area contributed by atoms with Crippen molar-refractivity contribution in [3.8, 4) is 17.6 Å². The lowest BCUT2D eigenvalue weighted by Gasteiger charge is -2.08. The molecule has 0 aliphatic heterocycles. The van der Waals surface area contributed by atoms with Crippen LogP contribution in [0.4, 0.5) is 0 Å². The molecule has 1 unspecified atom stereocenters. The summed E-state index contributed by atoms with van der Waals surface area (Å²) in [5.41, 5.74) is 6.91. The van der Waals surface area contributed by atoms with Crippen LogP contribution in [0.2, 0.25) is 0 Å². The Morgan fingerprint density at radius 2 is 1.82 bits per heavy atom. The van der Waals surface area contributed by atoms with Crippen molar-refractivity contribution in [3.63, 3.8) is 0 Å². The minimum atomic E-state index is 0.0300. The van der Waals surface area contributed by atoms with E-state index in [0.717, 1.165) is 11.3 Å². The molecule has 1 atom stereocenters. The van der Waals surface area contributed by atoms with E-state index in [1.54, 1.807) is 0 Å². The molecule has 0 amide bonds. The van der Waals surface area contributed by atoms with Gasteiger partial charge in [0.05, 0.1) is 0 Å². The molecule has 0 aliphatic rings. The molecule has 0 bridgehead atoms. The maximum atomic E-state index is 5.77. The van der Waals surface area contributed by atoms with Gasteiger partial charge in [-0.15, -0.1) is 0 Å². The highest BCUT2D eigenvalue weighted by atomic mass is 16.5. The van der Waals surface area contributed by atoms with E-state index in [4.69, 9.17) is 10.5 Å². The Hall–Kier alpha value is -1.46. The normalized spacial score (nSPS) is 12.5. The molecule has 92 valence electrons. The van der Waals surface area contributed by atoms with Crippen LogP contribution in [-0.2, 0) is 0 Å². The zero-order chi connectivity index (χ0) is 12.9. The molecule has 0 spiro atoms. The van der Waals surface area contributed by atoms with E-state index in [1.807, 2.05) is 31.2 Å². The van der Waals surface area contributed by atoms with Crippen LogP contribution in [0.1, 0.15) is 39.3 Å². The molecular weight excluding hydrogens is 210 g/mol. The van der Waals surface area contributed by atoms with Crippen LogP contribution in [0.15, 0.2) is 24.3 Å². The summed E-state index contributed by atoms with van der Waals surface area (Å²) in [6.45, 7) is 8.63. The lowest BCUT2D eigenvalue weighted by molar-refractivity contribution is 0.369. The van der Waals surface area contributed by atoms with E-state index in [-0.39, 0.29) is 11.5 Å². The van der Waals surface area contributed by atoms with E-state index >= 15 is 0 Å². The Labute approximate surface area is 104 Å². The van der Waals surface area contributed by atoms with Crippen molar-refractivity contribution in [3.05, 3.63) is 29.8 Å². The molecular formula is C15H21NO. The smallest absolute Gasteiger partial charge is 0.149 e. The van der Waals surface area contributed by atoms with Crippen molar-refractivity contribution >= 4 is 0 Å². The maximum Gasteiger partial charge on any atom is 0.149 e. The topological polar surface area (TPSA) is 35.2 Å². The summed E-state index contributed by atoms with van der Waals surface area (Å²) in [6.07, 6.45) is 0. The van der Waals surface area contributed by atoms with Gasteiger partial charge in [-0.05, 0) is 45.4 Å². The number of ether oxygens (including phenoxy) is 1. The first-order chi connectivity index (χ1) is 7.88. The minimum Gasteiger partial charge on any atom is -0.481 e. The highest BCUT2D eigenvalue weighted by Crippen LogP contribution is 2.16. The van der Waals surface area contributed by atoms with Gasteiger partial charge in [-0.1, -0.05) is 24.0 Å². The van der Waals surface area contributed by atoms with Gasteiger partial charge in [0.2, 0.25) is 0 Å². The van der Waals surface area contributed by atoms with Crippen LogP contribution in [0.3, 0.4) is 0 Å². The van der Waals surface area contributed by atoms with Crippen LogP contribution in [0.5, 0.6) is 5.75 Å². The molecule has 0 saturated carbocycles. The second kappa shape index (κ2) is 5.75. The van der Waals surface area contributed by atoms with E-state index in [0.29, 0.717) is 6.61 Å². The maximum absolute atomic E-state index is 5.77. The van der Waals surface area contributed by atoms with Gasteiger partial charge < -0.3 is 10.5 Å². The lowest BCUT2D eigenvalue weighted by atomic mass is 9.98. The summed E-state index contributed by atoms with van der Waals surface area (Å²) >= 11 is 0. The third-order valence-corrected chi connectivity index (χ3v) is 2.18. The van der Waals surface area contributed by atoms with Gasteiger partial charge >= 0.3 is 0 Å². The predicted molar refractivity (Wildman–Crippen MR) is 71.8 cm³/mol. The number of hydrogen-bond acceptors (Lipinski definition) is 2. The largest absolute Gasteiger partial charge is 0.481 e. The zero-order valence-electron chi connectivity index (χ0n) is 11.1. The first-order valence-corrected chi connectivity index (χ1v) is 5.87. The average Bonchev–Trinajstić information content (AvgIpc) is 2.24. The van der Waals surface area contributed by atoms with Gasteiger partial charge in [-0.3, -0.25) is 0 Å². The fraction of sp³-hybridized carbons (Fsp3) is 0.467. The van der Waals surface area contributed by atoms with Gasteiger partial charge in [-0.25, -0.2) is 0 Å². The molecule has 0 saturated heterocycles. The number of nitrogens with two attached hydrogens (primary N) is 1. The quantitative estimate of drug-likeness (QED) is 0.811. The molecule has 0 aromatic heterocycles. The van der Waals surface area contributed by atoms with Crippen LogP contribution >= 0.6 is 0 Å². The van der Waals surface area contributed by atoms with Crippen molar-refractivity contribution in [2.45, 2.75) is 33.7 Å². The molecule has 2 nitrogen and oxygen atoms in total. The SMILES string of the molecule is CC(N)c1ccc(OCC#CC(C)(C)C)cc1. The van der Waals surface area contributed by atoms with Gasteiger partial charge in [-0.2, -0.15) is 0 Å². The van der Waals surface area contributed by atoms with Gasteiger partial charge in [0.1, 0.15) is 12.4 Å². The van der Waals surface area contributed by atoms with Gasteiger partial charge in [0.25, 0.3) is 0 Å². The molecule has 1 aromatic rings. The second-order valence-electron chi connectivity index (χ2n) is 5.20. The lowest BCUT2D eigenvalue weighted by Crippen LogP contribution is -2.04. The van der Waals surface area contributed by atoms with Gasteiger partial charge in [0.15, 0.2) is 0 Å². The zero-order valence-corrected chi connectivity index (χ0v) is 11.1. The second-order valence-corrected chi connectivity index (χ2v) is 5.20. The first kappa shape index (κ1) is 13.6.